The van der Waals surface area contributed by atoms with Gasteiger partial charge in [0, 0.05) is 18.2 Å². The van der Waals surface area contributed by atoms with Crippen LogP contribution < -0.4 is 10.1 Å². The van der Waals surface area contributed by atoms with Crippen molar-refractivity contribution in [2.75, 3.05) is 13.2 Å². The van der Waals surface area contributed by atoms with Crippen molar-refractivity contribution < 1.29 is 14.9 Å². The molecule has 0 saturated carbocycles. The predicted molar refractivity (Wildman–Crippen MR) is 76.4 cm³/mol. The summed E-state index contributed by atoms with van der Waals surface area (Å²) in [4.78, 5) is 0. The van der Waals surface area contributed by atoms with Crippen LogP contribution in [-0.4, -0.2) is 29.5 Å². The molecule has 0 aromatic heterocycles. The first kappa shape index (κ1) is 15.8. The third-order valence-electron chi connectivity index (χ3n) is 3.15. The van der Waals surface area contributed by atoms with Gasteiger partial charge in [0.25, 0.3) is 0 Å². The van der Waals surface area contributed by atoms with Gasteiger partial charge in [-0.25, -0.2) is 0 Å². The van der Waals surface area contributed by atoms with Gasteiger partial charge in [0.15, 0.2) is 11.5 Å². The number of para-hydroxylation sites is 1. The number of ether oxygens (including phenoxy) is 1. The molecule has 0 unspecified atom stereocenters. The summed E-state index contributed by atoms with van der Waals surface area (Å²) in [6.07, 6.45) is 0. The molecule has 0 amide bonds. The lowest BCUT2D eigenvalue weighted by atomic mass is 9.87. The van der Waals surface area contributed by atoms with Gasteiger partial charge in [-0.2, -0.15) is 0 Å². The van der Waals surface area contributed by atoms with Gasteiger partial charge in [-0.15, -0.1) is 0 Å². The summed E-state index contributed by atoms with van der Waals surface area (Å²) in [6, 6.07) is 5.42. The zero-order chi connectivity index (χ0) is 14.5. The van der Waals surface area contributed by atoms with Gasteiger partial charge in [-0.05, 0) is 18.4 Å². The molecule has 108 valence electrons. The van der Waals surface area contributed by atoms with E-state index in [1.165, 1.54) is 0 Å². The maximum Gasteiger partial charge on any atom is 0.162 e. The van der Waals surface area contributed by atoms with Crippen LogP contribution in [0.2, 0.25) is 0 Å². The molecule has 1 atom stereocenters. The quantitative estimate of drug-likeness (QED) is 0.740. The average Bonchev–Trinajstić information content (AvgIpc) is 2.33. The topological polar surface area (TPSA) is 61.7 Å². The van der Waals surface area contributed by atoms with E-state index in [9.17, 15) is 10.2 Å². The maximum atomic E-state index is 10.1. The summed E-state index contributed by atoms with van der Waals surface area (Å²) in [5.41, 5.74) is 0.732. The first-order chi connectivity index (χ1) is 8.90. The normalized spacial score (nSPS) is 13.3. The van der Waals surface area contributed by atoms with Crippen molar-refractivity contribution in [3.63, 3.8) is 0 Å². The minimum Gasteiger partial charge on any atom is -0.504 e. The molecular weight excluding hydrogens is 242 g/mol. The molecule has 0 fully saturated rings. The van der Waals surface area contributed by atoms with Crippen LogP contribution in [0.5, 0.6) is 11.5 Å². The van der Waals surface area contributed by atoms with Crippen molar-refractivity contribution in [1.29, 1.82) is 0 Å². The Morgan fingerprint density at radius 2 is 2.00 bits per heavy atom. The van der Waals surface area contributed by atoms with Crippen molar-refractivity contribution in [1.82, 2.24) is 5.32 Å². The Kier molecular flexibility index (Phi) is 5.63. The number of benzene rings is 1. The van der Waals surface area contributed by atoms with Crippen LogP contribution >= 0.6 is 0 Å². The molecule has 0 bridgehead atoms. The molecule has 1 aromatic carbocycles. The van der Waals surface area contributed by atoms with Crippen LogP contribution in [0.4, 0.5) is 0 Å². The van der Waals surface area contributed by atoms with E-state index in [1.807, 2.05) is 19.1 Å². The fraction of sp³-hybridized carbons (Fsp3) is 0.600. The number of aliphatic hydroxyl groups is 1. The van der Waals surface area contributed by atoms with E-state index in [4.69, 9.17) is 4.74 Å². The Bertz CT molecular complexity index is 399. The third kappa shape index (κ3) is 4.40. The summed E-state index contributed by atoms with van der Waals surface area (Å²) in [6.45, 7) is 9.16. The van der Waals surface area contributed by atoms with Gasteiger partial charge < -0.3 is 20.3 Å². The molecule has 4 nitrogen and oxygen atoms in total. The fourth-order valence-electron chi connectivity index (χ4n) is 1.86. The van der Waals surface area contributed by atoms with Crippen molar-refractivity contribution in [3.8, 4) is 11.5 Å². The van der Waals surface area contributed by atoms with Crippen LogP contribution in [0.15, 0.2) is 18.2 Å². The van der Waals surface area contributed by atoms with Crippen LogP contribution in [0.3, 0.4) is 0 Å². The lowest BCUT2D eigenvalue weighted by molar-refractivity contribution is 0.157. The number of hydrogen-bond donors (Lipinski definition) is 3. The minimum atomic E-state index is -0.0398. The molecule has 0 radical (unpaired) electrons. The lowest BCUT2D eigenvalue weighted by Crippen LogP contribution is -2.42. The average molecular weight is 267 g/mol. The van der Waals surface area contributed by atoms with Gasteiger partial charge in [0.1, 0.15) is 0 Å². The number of phenolic OH excluding ortho intramolecular Hbond substituents is 1. The van der Waals surface area contributed by atoms with E-state index in [0.29, 0.717) is 18.9 Å². The third-order valence-corrected chi connectivity index (χ3v) is 3.15. The maximum absolute atomic E-state index is 10.1. The van der Waals surface area contributed by atoms with Gasteiger partial charge >= 0.3 is 0 Å². The fourth-order valence-corrected chi connectivity index (χ4v) is 1.86. The van der Waals surface area contributed by atoms with Crippen molar-refractivity contribution in [2.45, 2.75) is 40.3 Å². The first-order valence-electron chi connectivity index (χ1n) is 6.68. The standard InChI is InChI=1S/C15H25NO3/c1-5-19-12-8-6-7-11(14(12)18)9-16-13(10-17)15(2,3)4/h6-8,13,16-18H,5,9-10H2,1-4H3/t13-/m1/s1. The van der Waals surface area contributed by atoms with Crippen molar-refractivity contribution >= 4 is 0 Å². The van der Waals surface area contributed by atoms with Gasteiger partial charge in [0.2, 0.25) is 0 Å². The van der Waals surface area contributed by atoms with E-state index in [1.54, 1.807) is 6.07 Å². The molecule has 0 heterocycles. The predicted octanol–water partition coefficient (Wildman–Crippen LogP) is 2.29. The summed E-state index contributed by atoms with van der Waals surface area (Å²) in [7, 11) is 0. The minimum absolute atomic E-state index is 0.0253. The largest absolute Gasteiger partial charge is 0.504 e. The molecule has 0 aliphatic rings. The van der Waals surface area contributed by atoms with E-state index >= 15 is 0 Å². The van der Waals surface area contributed by atoms with Gasteiger partial charge in [-0.3, -0.25) is 0 Å². The number of aliphatic hydroxyl groups excluding tert-OH is 1. The molecule has 1 rings (SSSR count). The Labute approximate surface area is 115 Å². The van der Waals surface area contributed by atoms with Crippen LogP contribution in [0.25, 0.3) is 0 Å². The molecule has 0 aliphatic heterocycles. The van der Waals surface area contributed by atoms with Crippen molar-refractivity contribution in [2.24, 2.45) is 5.41 Å². The van der Waals surface area contributed by atoms with Crippen molar-refractivity contribution in [3.05, 3.63) is 23.8 Å². The van der Waals surface area contributed by atoms with Crippen LogP contribution in [0, 0.1) is 5.41 Å². The highest BCUT2D eigenvalue weighted by atomic mass is 16.5. The van der Waals surface area contributed by atoms with E-state index < -0.39 is 0 Å². The molecule has 4 heteroatoms. The Morgan fingerprint density at radius 3 is 2.53 bits per heavy atom. The second-order valence-corrected chi connectivity index (χ2v) is 5.68. The highest BCUT2D eigenvalue weighted by molar-refractivity contribution is 5.45. The number of hydrogen-bond acceptors (Lipinski definition) is 4. The molecule has 0 aliphatic carbocycles. The second kappa shape index (κ2) is 6.78. The van der Waals surface area contributed by atoms with Gasteiger partial charge in [0.05, 0.1) is 13.2 Å². The number of nitrogens with one attached hydrogen (secondary N) is 1. The summed E-state index contributed by atoms with van der Waals surface area (Å²) in [5.74, 6) is 0.667. The summed E-state index contributed by atoms with van der Waals surface area (Å²) in [5, 5.41) is 22.7. The highest BCUT2D eigenvalue weighted by Crippen LogP contribution is 2.30. The monoisotopic (exact) mass is 267 g/mol. The van der Waals surface area contributed by atoms with Gasteiger partial charge in [-0.1, -0.05) is 32.9 Å². The van der Waals surface area contributed by atoms with E-state index in [-0.39, 0.29) is 23.8 Å². The zero-order valence-corrected chi connectivity index (χ0v) is 12.2. The number of rotatable bonds is 6. The number of phenols is 1. The molecule has 19 heavy (non-hydrogen) atoms. The summed E-state index contributed by atoms with van der Waals surface area (Å²) < 4.78 is 5.35. The number of aromatic hydroxyl groups is 1. The Morgan fingerprint density at radius 1 is 1.32 bits per heavy atom. The Balaban J connectivity index is 2.75. The molecule has 3 N–H and O–H groups in total. The highest BCUT2D eigenvalue weighted by Gasteiger charge is 2.23. The SMILES string of the molecule is CCOc1cccc(CN[C@H](CO)C(C)(C)C)c1O. The molecule has 1 aromatic rings. The van der Waals surface area contributed by atoms with E-state index in [2.05, 4.69) is 26.1 Å². The van der Waals surface area contributed by atoms with E-state index in [0.717, 1.165) is 5.56 Å². The zero-order valence-electron chi connectivity index (χ0n) is 12.2. The second-order valence-electron chi connectivity index (χ2n) is 5.68. The smallest absolute Gasteiger partial charge is 0.162 e. The Hall–Kier alpha value is -1.26. The van der Waals surface area contributed by atoms with Crippen LogP contribution in [0.1, 0.15) is 33.3 Å². The molecule has 0 saturated heterocycles. The molecular formula is C15H25NO3. The first-order valence-corrected chi connectivity index (χ1v) is 6.68. The summed E-state index contributed by atoms with van der Waals surface area (Å²) >= 11 is 0. The lowest BCUT2D eigenvalue weighted by Gasteiger charge is -2.30. The van der Waals surface area contributed by atoms with Crippen LogP contribution in [-0.2, 0) is 6.54 Å². The molecule has 0 spiro atoms.